The summed E-state index contributed by atoms with van der Waals surface area (Å²) in [6.45, 7) is 3.19. The van der Waals surface area contributed by atoms with Gasteiger partial charge in [-0.15, -0.1) is 12.4 Å². The molecule has 0 saturated carbocycles. The van der Waals surface area contributed by atoms with E-state index in [9.17, 15) is 9.90 Å². The molecule has 0 amide bonds. The van der Waals surface area contributed by atoms with Gasteiger partial charge < -0.3 is 14.6 Å². The fourth-order valence-corrected chi connectivity index (χ4v) is 3.85. The molecule has 0 bridgehead atoms. The molecule has 1 aliphatic rings. The fourth-order valence-electron chi connectivity index (χ4n) is 3.85. The molecule has 0 fully saturated rings. The van der Waals surface area contributed by atoms with Gasteiger partial charge in [-0.25, -0.2) is 13.9 Å². The molecule has 0 radical (unpaired) electrons. The van der Waals surface area contributed by atoms with Crippen LogP contribution in [0.5, 0.6) is 5.75 Å². The first kappa shape index (κ1) is 23.3. The number of nitrogens with zero attached hydrogens (tertiary/aromatic N) is 3. The maximum absolute atomic E-state index is 12.6. The number of carbonyl (C=O) groups is 1. The number of hydrogen-bond donors (Lipinski definition) is 0. The van der Waals surface area contributed by atoms with Crippen molar-refractivity contribution < 1.29 is 23.9 Å². The van der Waals surface area contributed by atoms with E-state index in [1.54, 1.807) is 38.3 Å². The summed E-state index contributed by atoms with van der Waals surface area (Å²) >= 11 is 0. The van der Waals surface area contributed by atoms with Crippen LogP contribution in [0, 0.1) is 0 Å². The molecular formula is C24H26ClN3O4. The number of carbonyl (C=O) groups excluding carboxylic acids is 1. The Balaban J connectivity index is 0.00000289. The minimum absolute atomic E-state index is 0. The van der Waals surface area contributed by atoms with E-state index < -0.39 is 0 Å². The van der Waals surface area contributed by atoms with Crippen LogP contribution in [0.3, 0.4) is 0 Å². The average Bonchev–Trinajstić information content (AvgIpc) is 3.38. The molecule has 0 saturated heterocycles. The van der Waals surface area contributed by atoms with Crippen LogP contribution in [0.1, 0.15) is 29.5 Å². The molecule has 7 nitrogen and oxygen atoms in total. The molecule has 1 aliphatic heterocycles. The zero-order valence-electron chi connectivity index (χ0n) is 18.1. The lowest BCUT2D eigenvalue weighted by Crippen LogP contribution is -2.43. The molecule has 0 spiro atoms. The van der Waals surface area contributed by atoms with Gasteiger partial charge in [0, 0.05) is 11.5 Å². The Morgan fingerprint density at radius 2 is 1.88 bits per heavy atom. The molecule has 0 aliphatic carbocycles. The van der Waals surface area contributed by atoms with Crippen molar-refractivity contribution in [3.8, 4) is 17.0 Å². The highest BCUT2D eigenvalue weighted by molar-refractivity contribution is 5.89. The van der Waals surface area contributed by atoms with Crippen LogP contribution in [0.15, 0.2) is 59.7 Å². The van der Waals surface area contributed by atoms with Crippen LogP contribution in [0.25, 0.3) is 11.3 Å². The lowest BCUT2D eigenvalue weighted by atomic mass is 10.1. The number of rotatable bonds is 7. The number of imidazole rings is 1. The maximum Gasteiger partial charge on any atom is 0.338 e. The first-order valence-electron chi connectivity index (χ1n) is 10.4. The molecule has 32 heavy (non-hydrogen) atoms. The number of hydrogen-bond acceptors (Lipinski definition) is 5. The quantitative estimate of drug-likeness (QED) is 0.237. The SMILES string of the molecule is CCOC(=O)c1ccc(N=C([O-])C[n+]2cc(-c3ccc(OC)cc3)n3c2CCC3)cc1.Cl. The molecule has 2 heterocycles. The van der Waals surface area contributed by atoms with Crippen molar-refractivity contribution >= 4 is 30.0 Å². The van der Waals surface area contributed by atoms with Gasteiger partial charge in [0.1, 0.15) is 18.5 Å². The minimum Gasteiger partial charge on any atom is -0.859 e. The van der Waals surface area contributed by atoms with Crippen LogP contribution in [-0.4, -0.2) is 30.2 Å². The van der Waals surface area contributed by atoms with Crippen LogP contribution < -0.4 is 14.4 Å². The van der Waals surface area contributed by atoms with Crippen molar-refractivity contribution in [3.63, 3.8) is 0 Å². The van der Waals surface area contributed by atoms with Crippen LogP contribution in [-0.2, 0) is 24.2 Å². The Kier molecular flexibility index (Phi) is 7.53. The van der Waals surface area contributed by atoms with Gasteiger partial charge in [0.15, 0.2) is 5.69 Å². The van der Waals surface area contributed by atoms with Gasteiger partial charge in [0.2, 0.25) is 0 Å². The third-order valence-electron chi connectivity index (χ3n) is 5.32. The Bertz CT molecular complexity index is 1110. The highest BCUT2D eigenvalue weighted by Gasteiger charge is 2.28. The Labute approximate surface area is 193 Å². The van der Waals surface area contributed by atoms with Crippen molar-refractivity contribution in [1.29, 1.82) is 0 Å². The minimum atomic E-state index is -0.383. The second kappa shape index (κ2) is 10.3. The number of aliphatic imine (C=N–C) groups is 1. The number of halogens is 1. The Hall–Kier alpha value is -3.32. The number of esters is 1. The summed E-state index contributed by atoms with van der Waals surface area (Å²) in [5.41, 5.74) is 3.13. The molecular weight excluding hydrogens is 430 g/mol. The second-order valence-electron chi connectivity index (χ2n) is 7.32. The number of ether oxygens (including phenoxy) is 2. The van der Waals surface area contributed by atoms with E-state index in [-0.39, 0.29) is 30.8 Å². The van der Waals surface area contributed by atoms with Crippen molar-refractivity contribution in [2.45, 2.75) is 32.9 Å². The topological polar surface area (TPSA) is 79.8 Å². The largest absolute Gasteiger partial charge is 0.859 e. The zero-order chi connectivity index (χ0) is 21.8. The van der Waals surface area contributed by atoms with Gasteiger partial charge in [-0.05, 0) is 61.9 Å². The third-order valence-corrected chi connectivity index (χ3v) is 5.32. The first-order chi connectivity index (χ1) is 15.1. The first-order valence-corrected chi connectivity index (χ1v) is 10.4. The highest BCUT2D eigenvalue weighted by Crippen LogP contribution is 2.26. The molecule has 4 rings (SSSR count). The van der Waals surface area contributed by atoms with E-state index in [0.717, 1.165) is 42.2 Å². The fraction of sp³-hybridized carbons (Fsp3) is 0.292. The highest BCUT2D eigenvalue weighted by atomic mass is 35.5. The summed E-state index contributed by atoms with van der Waals surface area (Å²) in [5.74, 6) is 1.32. The van der Waals surface area contributed by atoms with Crippen LogP contribution in [0.4, 0.5) is 5.69 Å². The van der Waals surface area contributed by atoms with E-state index in [0.29, 0.717) is 17.9 Å². The lowest BCUT2D eigenvalue weighted by molar-refractivity contribution is -0.693. The smallest absolute Gasteiger partial charge is 0.338 e. The van der Waals surface area contributed by atoms with Crippen LogP contribution >= 0.6 is 12.4 Å². The van der Waals surface area contributed by atoms with Gasteiger partial charge in [-0.3, -0.25) is 4.99 Å². The van der Waals surface area contributed by atoms with E-state index in [1.165, 1.54) is 0 Å². The number of aromatic nitrogens is 2. The summed E-state index contributed by atoms with van der Waals surface area (Å²) < 4.78 is 14.5. The predicted molar refractivity (Wildman–Crippen MR) is 122 cm³/mol. The molecule has 0 N–H and O–H groups in total. The Morgan fingerprint density at radius 3 is 2.53 bits per heavy atom. The Morgan fingerprint density at radius 1 is 1.16 bits per heavy atom. The van der Waals surface area contributed by atoms with Gasteiger partial charge in [0.05, 0.1) is 37.9 Å². The average molecular weight is 456 g/mol. The number of methoxy groups -OCH3 is 1. The normalized spacial score (nSPS) is 12.8. The predicted octanol–water partition coefficient (Wildman–Crippen LogP) is 3.09. The van der Waals surface area contributed by atoms with E-state index in [4.69, 9.17) is 9.47 Å². The molecule has 168 valence electrons. The molecule has 0 atom stereocenters. The van der Waals surface area contributed by atoms with Gasteiger partial charge in [0.25, 0.3) is 5.82 Å². The van der Waals surface area contributed by atoms with Crippen molar-refractivity contribution in [1.82, 2.24) is 4.57 Å². The number of benzene rings is 2. The van der Waals surface area contributed by atoms with E-state index in [1.807, 2.05) is 35.0 Å². The summed E-state index contributed by atoms with van der Waals surface area (Å²) in [5, 5.41) is 12.6. The molecule has 0 unspecified atom stereocenters. The summed E-state index contributed by atoms with van der Waals surface area (Å²) in [6.07, 6.45) is 4.01. The summed E-state index contributed by atoms with van der Waals surface area (Å²) in [4.78, 5) is 15.9. The zero-order valence-corrected chi connectivity index (χ0v) is 18.9. The van der Waals surface area contributed by atoms with Crippen LogP contribution in [0.2, 0.25) is 0 Å². The van der Waals surface area contributed by atoms with Gasteiger partial charge in [-0.1, -0.05) is 0 Å². The molecule has 8 heteroatoms. The van der Waals surface area contributed by atoms with Crippen molar-refractivity contribution in [2.75, 3.05) is 13.7 Å². The second-order valence-corrected chi connectivity index (χ2v) is 7.32. The monoisotopic (exact) mass is 455 g/mol. The summed E-state index contributed by atoms with van der Waals surface area (Å²) in [6, 6.07) is 14.5. The van der Waals surface area contributed by atoms with Gasteiger partial charge in [-0.2, -0.15) is 0 Å². The standard InChI is InChI=1S/C24H25N3O4.ClH/c1-3-31-24(29)18-6-10-19(11-7-18)25-22(28)16-26-15-21(27-14-4-5-23(26)27)17-8-12-20(30-2)13-9-17;/h6-13,15H,3-5,14,16H2,1-2H3;1H. The van der Waals surface area contributed by atoms with Gasteiger partial charge >= 0.3 is 5.97 Å². The summed E-state index contributed by atoms with van der Waals surface area (Å²) in [7, 11) is 1.65. The lowest BCUT2D eigenvalue weighted by Gasteiger charge is -2.09. The van der Waals surface area contributed by atoms with Crippen molar-refractivity contribution in [2.24, 2.45) is 4.99 Å². The number of fused-ring (bicyclic) bond motifs is 1. The van der Waals surface area contributed by atoms with Crippen molar-refractivity contribution in [3.05, 3.63) is 66.1 Å². The molecule has 2 aromatic carbocycles. The maximum atomic E-state index is 12.6. The molecule has 1 aromatic heterocycles. The third kappa shape index (κ3) is 4.94. The van der Waals surface area contributed by atoms with E-state index in [2.05, 4.69) is 9.56 Å². The molecule has 3 aromatic rings. The van der Waals surface area contributed by atoms with E-state index >= 15 is 0 Å².